The van der Waals surface area contributed by atoms with Crippen LogP contribution in [0.3, 0.4) is 0 Å². The van der Waals surface area contributed by atoms with Gasteiger partial charge in [0.25, 0.3) is 5.69 Å². The molecule has 2 fully saturated rings. The fraction of sp³-hybridized carbons (Fsp3) is 0.625. The quantitative estimate of drug-likeness (QED) is 0.606. The summed E-state index contributed by atoms with van der Waals surface area (Å²) in [5, 5.41) is 15.1. The van der Waals surface area contributed by atoms with E-state index >= 15 is 0 Å². The molecule has 1 N–H and O–H groups in total. The van der Waals surface area contributed by atoms with Crippen molar-refractivity contribution in [2.24, 2.45) is 5.92 Å². The monoisotopic (exact) mass is 411 g/mol. The summed E-state index contributed by atoms with van der Waals surface area (Å²) in [5.74, 6) is 0.418. The zero-order valence-corrected chi connectivity index (χ0v) is 16.2. The highest BCUT2D eigenvalue weighted by molar-refractivity contribution is 6.31. The van der Waals surface area contributed by atoms with Crippen molar-refractivity contribution < 1.29 is 9.66 Å². The first kappa shape index (κ1) is 22.4. The lowest BCUT2D eigenvalue weighted by atomic mass is 9.85. The van der Waals surface area contributed by atoms with E-state index in [1.807, 2.05) is 0 Å². The molecule has 1 atom stereocenters. The zero-order chi connectivity index (χ0) is 16.2. The number of benzene rings is 1. The van der Waals surface area contributed by atoms with E-state index in [-0.39, 0.29) is 41.5 Å². The Morgan fingerprint density at radius 3 is 2.48 bits per heavy atom. The van der Waals surface area contributed by atoms with Crippen molar-refractivity contribution in [1.29, 1.82) is 0 Å². The topological polar surface area (TPSA) is 67.6 Å². The van der Waals surface area contributed by atoms with E-state index in [0.717, 1.165) is 57.8 Å². The van der Waals surface area contributed by atoms with Gasteiger partial charge in [-0.1, -0.05) is 11.6 Å². The van der Waals surface area contributed by atoms with E-state index < -0.39 is 0 Å². The molecule has 142 valence electrons. The highest BCUT2D eigenvalue weighted by Crippen LogP contribution is 2.39. The second kappa shape index (κ2) is 10.5. The fourth-order valence-corrected chi connectivity index (χ4v) is 3.84. The van der Waals surface area contributed by atoms with Crippen molar-refractivity contribution in [3.63, 3.8) is 0 Å². The minimum absolute atomic E-state index is 0. The van der Waals surface area contributed by atoms with Crippen LogP contribution >= 0.6 is 36.4 Å². The van der Waals surface area contributed by atoms with Gasteiger partial charge < -0.3 is 10.1 Å². The number of hydrogen-bond acceptors (Lipinski definition) is 5. The predicted octanol–water partition coefficient (Wildman–Crippen LogP) is 3.46. The minimum Gasteiger partial charge on any atom is -0.381 e. The van der Waals surface area contributed by atoms with Gasteiger partial charge in [-0.2, -0.15) is 0 Å². The molecule has 0 spiro atoms. The molecule has 3 rings (SSSR count). The Labute approximate surface area is 165 Å². The van der Waals surface area contributed by atoms with E-state index in [2.05, 4.69) is 10.2 Å². The SMILES string of the molecule is Cl.Cl.O=[N+]([O-])c1ccc(Cl)c([C@H](C2CCOCC2)N2CCNCC2)c1. The van der Waals surface area contributed by atoms with Gasteiger partial charge in [0.2, 0.25) is 0 Å². The molecule has 0 aromatic heterocycles. The van der Waals surface area contributed by atoms with Crippen molar-refractivity contribution in [2.45, 2.75) is 18.9 Å². The van der Waals surface area contributed by atoms with Crippen LogP contribution in [0, 0.1) is 16.0 Å². The van der Waals surface area contributed by atoms with Gasteiger partial charge >= 0.3 is 0 Å². The number of nitrogens with zero attached hydrogens (tertiary/aromatic N) is 2. The van der Waals surface area contributed by atoms with E-state index in [4.69, 9.17) is 16.3 Å². The third kappa shape index (κ3) is 5.42. The first-order valence-electron chi connectivity index (χ1n) is 8.13. The molecule has 2 aliphatic heterocycles. The molecule has 0 aliphatic carbocycles. The molecular formula is C16H24Cl3N3O3. The molecule has 9 heteroatoms. The maximum Gasteiger partial charge on any atom is 0.269 e. The number of nitrogens with one attached hydrogen (secondary N) is 1. The van der Waals surface area contributed by atoms with Crippen LogP contribution in [0.2, 0.25) is 5.02 Å². The number of nitro benzene ring substituents is 1. The van der Waals surface area contributed by atoms with Crippen molar-refractivity contribution in [2.75, 3.05) is 39.4 Å². The molecule has 0 amide bonds. The standard InChI is InChI=1S/C16H22ClN3O3.2ClH/c17-15-2-1-13(20(21)22)11-14(15)16(12-3-9-23-10-4-12)19-7-5-18-6-8-19;;/h1-2,11-12,16,18H,3-10H2;2*1H/t16-;;/m0../s1. The summed E-state index contributed by atoms with van der Waals surface area (Å²) in [6.07, 6.45) is 1.93. The van der Waals surface area contributed by atoms with E-state index in [1.54, 1.807) is 12.1 Å². The summed E-state index contributed by atoms with van der Waals surface area (Å²) in [5.41, 5.74) is 0.992. The van der Waals surface area contributed by atoms with E-state index in [1.165, 1.54) is 6.07 Å². The molecule has 6 nitrogen and oxygen atoms in total. The molecule has 0 unspecified atom stereocenters. The Morgan fingerprint density at radius 2 is 1.88 bits per heavy atom. The average molecular weight is 413 g/mol. The van der Waals surface area contributed by atoms with Gasteiger partial charge in [-0.15, -0.1) is 24.8 Å². The third-order valence-corrected chi connectivity index (χ3v) is 5.11. The van der Waals surface area contributed by atoms with Crippen LogP contribution < -0.4 is 5.32 Å². The third-order valence-electron chi connectivity index (χ3n) is 4.77. The number of ether oxygens (including phenoxy) is 1. The molecule has 0 saturated carbocycles. The number of non-ortho nitro benzene ring substituents is 1. The Kier molecular flexibility index (Phi) is 9.41. The normalized spacial score (nSPS) is 20.2. The number of hydrogen-bond donors (Lipinski definition) is 1. The molecule has 0 bridgehead atoms. The maximum atomic E-state index is 11.2. The van der Waals surface area contributed by atoms with Gasteiger partial charge in [0.15, 0.2) is 0 Å². The maximum absolute atomic E-state index is 11.2. The lowest BCUT2D eigenvalue weighted by molar-refractivity contribution is -0.385. The average Bonchev–Trinajstić information content (AvgIpc) is 2.58. The Balaban J connectivity index is 0.00000156. The lowest BCUT2D eigenvalue weighted by Crippen LogP contribution is -2.47. The molecule has 25 heavy (non-hydrogen) atoms. The van der Waals surface area contributed by atoms with Crippen LogP contribution in [0.4, 0.5) is 5.69 Å². The molecule has 1 aromatic rings. The smallest absolute Gasteiger partial charge is 0.269 e. The number of piperazine rings is 1. The lowest BCUT2D eigenvalue weighted by Gasteiger charge is -2.41. The zero-order valence-electron chi connectivity index (χ0n) is 13.9. The Bertz CT molecular complexity index is 547. The number of nitro groups is 1. The van der Waals surface area contributed by atoms with Crippen LogP contribution in [0.5, 0.6) is 0 Å². The summed E-state index contributed by atoms with van der Waals surface area (Å²) < 4.78 is 5.49. The summed E-state index contributed by atoms with van der Waals surface area (Å²) >= 11 is 6.44. The molecule has 0 radical (unpaired) electrons. The van der Waals surface area contributed by atoms with Crippen LogP contribution in [-0.2, 0) is 4.74 Å². The Hall–Kier alpha value is -0.630. The number of rotatable bonds is 4. The van der Waals surface area contributed by atoms with Gasteiger partial charge in [-0.3, -0.25) is 15.0 Å². The van der Waals surface area contributed by atoms with Crippen LogP contribution in [0.25, 0.3) is 0 Å². The number of halogens is 3. The van der Waals surface area contributed by atoms with Crippen LogP contribution in [0.15, 0.2) is 18.2 Å². The van der Waals surface area contributed by atoms with Crippen LogP contribution in [-0.4, -0.2) is 49.2 Å². The second-order valence-electron chi connectivity index (χ2n) is 6.14. The molecule has 2 heterocycles. The summed E-state index contributed by atoms with van der Waals surface area (Å²) in [4.78, 5) is 13.2. The van der Waals surface area contributed by atoms with Crippen molar-refractivity contribution in [3.8, 4) is 0 Å². The van der Waals surface area contributed by atoms with Gasteiger partial charge in [0.1, 0.15) is 0 Å². The second-order valence-corrected chi connectivity index (χ2v) is 6.55. The highest BCUT2D eigenvalue weighted by atomic mass is 35.5. The fourth-order valence-electron chi connectivity index (χ4n) is 3.61. The molecular weight excluding hydrogens is 389 g/mol. The molecule has 2 saturated heterocycles. The summed E-state index contributed by atoms with van der Waals surface area (Å²) in [6, 6.07) is 4.91. The predicted molar refractivity (Wildman–Crippen MR) is 103 cm³/mol. The van der Waals surface area contributed by atoms with E-state index in [9.17, 15) is 10.1 Å². The Morgan fingerprint density at radius 1 is 1.24 bits per heavy atom. The van der Waals surface area contributed by atoms with Crippen LogP contribution in [0.1, 0.15) is 24.4 Å². The van der Waals surface area contributed by atoms with Gasteiger partial charge in [0, 0.05) is 62.6 Å². The van der Waals surface area contributed by atoms with E-state index in [0.29, 0.717) is 10.9 Å². The van der Waals surface area contributed by atoms with Crippen molar-refractivity contribution >= 4 is 42.1 Å². The van der Waals surface area contributed by atoms with Gasteiger partial charge in [0.05, 0.1) is 4.92 Å². The first-order valence-corrected chi connectivity index (χ1v) is 8.51. The van der Waals surface area contributed by atoms with Gasteiger partial charge in [-0.05, 0) is 30.4 Å². The molecule has 1 aromatic carbocycles. The van der Waals surface area contributed by atoms with Crippen molar-refractivity contribution in [3.05, 3.63) is 38.9 Å². The summed E-state index contributed by atoms with van der Waals surface area (Å²) in [7, 11) is 0. The molecule has 2 aliphatic rings. The minimum atomic E-state index is -0.349. The highest BCUT2D eigenvalue weighted by Gasteiger charge is 2.33. The van der Waals surface area contributed by atoms with Crippen molar-refractivity contribution in [1.82, 2.24) is 10.2 Å². The largest absolute Gasteiger partial charge is 0.381 e. The summed E-state index contributed by atoms with van der Waals surface area (Å²) in [6.45, 7) is 5.24. The van der Waals surface area contributed by atoms with Gasteiger partial charge in [-0.25, -0.2) is 0 Å². The first-order chi connectivity index (χ1) is 11.2.